The quantitative estimate of drug-likeness (QED) is 0.664. The Labute approximate surface area is 78.9 Å². The maximum atomic E-state index is 5.65. The Morgan fingerprint density at radius 2 is 1.92 bits per heavy atom. The molecular weight excluding hydrogens is 164 g/mol. The molecule has 0 saturated heterocycles. The van der Waals surface area contributed by atoms with E-state index in [1.807, 2.05) is 20.8 Å². The molecule has 1 aliphatic heterocycles. The maximum Gasteiger partial charge on any atom is 0.129 e. The number of ether oxygens (including phenoxy) is 1. The molecule has 3 heteroatoms. The van der Waals surface area contributed by atoms with Crippen molar-refractivity contribution >= 4 is 5.82 Å². The summed E-state index contributed by atoms with van der Waals surface area (Å²) in [6, 6.07) is 0. The number of hydrogen-bond acceptors (Lipinski definition) is 3. The summed E-state index contributed by atoms with van der Waals surface area (Å²) < 4.78 is 5.26. The van der Waals surface area contributed by atoms with Crippen LogP contribution in [-0.2, 0) is 18.0 Å². The molecule has 0 unspecified atom stereocenters. The van der Waals surface area contributed by atoms with Gasteiger partial charge in [-0.05, 0) is 18.1 Å². The fourth-order valence-corrected chi connectivity index (χ4v) is 1.33. The number of anilines is 1. The Kier molecular flexibility index (Phi) is 3.25. The number of rotatable bonds is 0. The van der Waals surface area contributed by atoms with Gasteiger partial charge in [0.2, 0.25) is 0 Å². The molecule has 1 aromatic rings. The fraction of sp³-hybridized carbons (Fsp3) is 0.500. The van der Waals surface area contributed by atoms with Crippen LogP contribution in [0.2, 0.25) is 0 Å². The van der Waals surface area contributed by atoms with Crippen molar-refractivity contribution in [1.82, 2.24) is 4.98 Å². The molecule has 0 radical (unpaired) electrons. The molecule has 2 rings (SSSR count). The number of nitrogens with zero attached hydrogens (tertiary/aromatic N) is 1. The van der Waals surface area contributed by atoms with E-state index < -0.39 is 0 Å². The standard InChI is InChI=1S/C8H10N2O.C2H6/c1-5-2-10-8(9)7-4-11-3-6(5)7;1-2/h2H,3-4H2,1H3,(H2,9,10);1-2H3. The molecule has 2 N–H and O–H groups in total. The van der Waals surface area contributed by atoms with E-state index in [4.69, 9.17) is 10.5 Å². The molecular formula is C10H16N2O. The Hall–Kier alpha value is -1.09. The van der Waals surface area contributed by atoms with Gasteiger partial charge in [-0.15, -0.1) is 0 Å². The molecule has 0 aliphatic carbocycles. The van der Waals surface area contributed by atoms with E-state index in [1.54, 1.807) is 6.20 Å². The smallest absolute Gasteiger partial charge is 0.129 e. The van der Waals surface area contributed by atoms with Gasteiger partial charge in [-0.3, -0.25) is 0 Å². The van der Waals surface area contributed by atoms with Gasteiger partial charge >= 0.3 is 0 Å². The number of fused-ring (bicyclic) bond motifs is 1. The highest BCUT2D eigenvalue weighted by molar-refractivity contribution is 5.48. The van der Waals surface area contributed by atoms with Gasteiger partial charge < -0.3 is 10.5 Å². The molecule has 0 amide bonds. The first-order valence-electron chi connectivity index (χ1n) is 4.59. The highest BCUT2D eigenvalue weighted by Gasteiger charge is 2.16. The van der Waals surface area contributed by atoms with Crippen LogP contribution in [0, 0.1) is 6.92 Å². The number of aryl methyl sites for hydroxylation is 1. The van der Waals surface area contributed by atoms with Crippen molar-refractivity contribution in [3.8, 4) is 0 Å². The Balaban J connectivity index is 0.000000396. The third kappa shape index (κ3) is 1.80. The second-order valence-electron chi connectivity index (χ2n) is 2.78. The van der Waals surface area contributed by atoms with Crippen molar-refractivity contribution in [3.63, 3.8) is 0 Å². The van der Waals surface area contributed by atoms with E-state index in [9.17, 15) is 0 Å². The monoisotopic (exact) mass is 180 g/mol. The third-order valence-corrected chi connectivity index (χ3v) is 2.04. The SMILES string of the molecule is CC.Cc1cnc(N)c2c1COC2. The summed E-state index contributed by atoms with van der Waals surface area (Å²) in [5.41, 5.74) is 9.12. The first-order valence-corrected chi connectivity index (χ1v) is 4.59. The van der Waals surface area contributed by atoms with Crippen molar-refractivity contribution in [2.24, 2.45) is 0 Å². The molecule has 72 valence electrons. The predicted octanol–water partition coefficient (Wildman–Crippen LogP) is 2.03. The van der Waals surface area contributed by atoms with E-state index >= 15 is 0 Å². The van der Waals surface area contributed by atoms with Crippen LogP contribution < -0.4 is 5.73 Å². The van der Waals surface area contributed by atoms with Gasteiger partial charge in [-0.2, -0.15) is 0 Å². The van der Waals surface area contributed by atoms with E-state index in [1.165, 1.54) is 11.1 Å². The van der Waals surface area contributed by atoms with Crippen molar-refractivity contribution < 1.29 is 4.74 Å². The minimum Gasteiger partial charge on any atom is -0.383 e. The minimum atomic E-state index is 0.614. The molecule has 2 heterocycles. The fourth-order valence-electron chi connectivity index (χ4n) is 1.33. The molecule has 0 saturated carbocycles. The molecule has 0 aromatic carbocycles. The summed E-state index contributed by atoms with van der Waals surface area (Å²) in [4.78, 5) is 4.05. The molecule has 13 heavy (non-hydrogen) atoms. The first kappa shape index (κ1) is 9.99. The van der Waals surface area contributed by atoms with E-state index in [0.717, 1.165) is 5.56 Å². The molecule has 1 aliphatic rings. The molecule has 0 spiro atoms. The van der Waals surface area contributed by atoms with E-state index in [-0.39, 0.29) is 0 Å². The number of pyridine rings is 1. The first-order chi connectivity index (χ1) is 6.29. The van der Waals surface area contributed by atoms with Crippen LogP contribution in [0.4, 0.5) is 5.82 Å². The number of aromatic nitrogens is 1. The second kappa shape index (κ2) is 4.23. The summed E-state index contributed by atoms with van der Waals surface area (Å²) in [5, 5.41) is 0. The van der Waals surface area contributed by atoms with Gasteiger partial charge in [-0.25, -0.2) is 4.98 Å². The van der Waals surface area contributed by atoms with Gasteiger partial charge in [0.15, 0.2) is 0 Å². The largest absolute Gasteiger partial charge is 0.383 e. The summed E-state index contributed by atoms with van der Waals surface area (Å²) in [6.07, 6.45) is 1.79. The lowest BCUT2D eigenvalue weighted by molar-refractivity contribution is 0.134. The van der Waals surface area contributed by atoms with Crippen LogP contribution in [0.5, 0.6) is 0 Å². The third-order valence-electron chi connectivity index (χ3n) is 2.04. The van der Waals surface area contributed by atoms with Crippen LogP contribution in [0.25, 0.3) is 0 Å². The van der Waals surface area contributed by atoms with Crippen LogP contribution in [0.15, 0.2) is 6.20 Å². The maximum absolute atomic E-state index is 5.65. The molecule has 0 bridgehead atoms. The molecule has 1 aromatic heterocycles. The van der Waals surface area contributed by atoms with Crippen molar-refractivity contribution in [2.75, 3.05) is 5.73 Å². The van der Waals surface area contributed by atoms with Crippen LogP contribution in [-0.4, -0.2) is 4.98 Å². The van der Waals surface area contributed by atoms with Crippen molar-refractivity contribution in [3.05, 3.63) is 22.9 Å². The summed E-state index contributed by atoms with van der Waals surface area (Å²) in [7, 11) is 0. The lowest BCUT2D eigenvalue weighted by Gasteiger charge is -2.02. The minimum absolute atomic E-state index is 0.614. The summed E-state index contributed by atoms with van der Waals surface area (Å²) in [5.74, 6) is 0.614. The zero-order valence-electron chi connectivity index (χ0n) is 8.42. The zero-order valence-corrected chi connectivity index (χ0v) is 8.42. The second-order valence-corrected chi connectivity index (χ2v) is 2.78. The van der Waals surface area contributed by atoms with Crippen LogP contribution in [0.1, 0.15) is 30.5 Å². The summed E-state index contributed by atoms with van der Waals surface area (Å²) in [6.45, 7) is 7.34. The number of nitrogen functional groups attached to an aromatic ring is 1. The topological polar surface area (TPSA) is 48.1 Å². The molecule has 3 nitrogen and oxygen atoms in total. The van der Waals surface area contributed by atoms with Gasteiger partial charge in [0, 0.05) is 11.8 Å². The lowest BCUT2D eigenvalue weighted by atomic mass is 10.1. The average molecular weight is 180 g/mol. The highest BCUT2D eigenvalue weighted by Crippen LogP contribution is 2.25. The molecule has 0 atom stereocenters. The lowest BCUT2D eigenvalue weighted by Crippen LogP contribution is -1.98. The van der Waals surface area contributed by atoms with Gasteiger partial charge in [0.1, 0.15) is 5.82 Å². The predicted molar refractivity (Wildman–Crippen MR) is 53.2 cm³/mol. The van der Waals surface area contributed by atoms with Gasteiger partial charge in [-0.1, -0.05) is 13.8 Å². The molecule has 0 fully saturated rings. The Morgan fingerprint density at radius 3 is 2.54 bits per heavy atom. The van der Waals surface area contributed by atoms with Crippen LogP contribution >= 0.6 is 0 Å². The highest BCUT2D eigenvalue weighted by atomic mass is 16.5. The van der Waals surface area contributed by atoms with Crippen molar-refractivity contribution in [1.29, 1.82) is 0 Å². The zero-order chi connectivity index (χ0) is 9.84. The summed E-state index contributed by atoms with van der Waals surface area (Å²) >= 11 is 0. The van der Waals surface area contributed by atoms with Gasteiger partial charge in [0.25, 0.3) is 0 Å². The Bertz CT molecular complexity index is 268. The number of hydrogen-bond donors (Lipinski definition) is 1. The average Bonchev–Trinajstić information content (AvgIpc) is 2.64. The van der Waals surface area contributed by atoms with Gasteiger partial charge in [0.05, 0.1) is 13.2 Å². The van der Waals surface area contributed by atoms with E-state index in [0.29, 0.717) is 19.0 Å². The number of nitrogens with two attached hydrogens (primary N) is 1. The van der Waals surface area contributed by atoms with Crippen LogP contribution in [0.3, 0.4) is 0 Å². The Morgan fingerprint density at radius 1 is 1.31 bits per heavy atom. The van der Waals surface area contributed by atoms with Crippen molar-refractivity contribution in [2.45, 2.75) is 34.0 Å². The van der Waals surface area contributed by atoms with E-state index in [2.05, 4.69) is 4.98 Å². The normalized spacial score (nSPS) is 13.2.